The second kappa shape index (κ2) is 8.46. The Hall–Kier alpha value is -0.640. The van der Waals surface area contributed by atoms with Gasteiger partial charge in [0, 0.05) is 5.92 Å². The van der Waals surface area contributed by atoms with E-state index in [-0.39, 0.29) is 11.8 Å². The van der Waals surface area contributed by atoms with Crippen LogP contribution in [0.1, 0.15) is 66.2 Å². The number of hydrogen-bond acceptors (Lipinski definition) is 2. The molecule has 0 radical (unpaired) electrons. The first-order chi connectivity index (χ1) is 8.47. The SMILES string of the molecule is CCCC(CCC)C(=O)NC(CC)(CC)C(N)=S. The van der Waals surface area contributed by atoms with Crippen LogP contribution in [0.2, 0.25) is 0 Å². The topological polar surface area (TPSA) is 55.1 Å². The normalized spacial score (nSPS) is 11.6. The van der Waals surface area contributed by atoms with Gasteiger partial charge in [0.1, 0.15) is 0 Å². The molecule has 1 amide bonds. The second-order valence-corrected chi connectivity index (χ2v) is 5.36. The summed E-state index contributed by atoms with van der Waals surface area (Å²) in [7, 11) is 0. The molecule has 0 aliphatic rings. The van der Waals surface area contributed by atoms with Crippen molar-refractivity contribution < 1.29 is 4.79 Å². The molecule has 0 aliphatic heterocycles. The van der Waals surface area contributed by atoms with E-state index in [0.29, 0.717) is 4.99 Å². The summed E-state index contributed by atoms with van der Waals surface area (Å²) in [5.41, 5.74) is 5.30. The summed E-state index contributed by atoms with van der Waals surface area (Å²) in [6.45, 7) is 8.24. The van der Waals surface area contributed by atoms with E-state index in [9.17, 15) is 4.79 Å². The molecule has 4 heteroatoms. The van der Waals surface area contributed by atoms with E-state index in [2.05, 4.69) is 19.2 Å². The minimum Gasteiger partial charge on any atom is -0.391 e. The molecule has 18 heavy (non-hydrogen) atoms. The summed E-state index contributed by atoms with van der Waals surface area (Å²) in [6, 6.07) is 0. The Morgan fingerprint density at radius 2 is 1.61 bits per heavy atom. The first-order valence-electron chi connectivity index (χ1n) is 7.09. The molecule has 0 saturated carbocycles. The van der Waals surface area contributed by atoms with Gasteiger partial charge < -0.3 is 11.1 Å². The fourth-order valence-electron chi connectivity index (χ4n) is 2.28. The fraction of sp³-hybridized carbons (Fsp3) is 0.857. The molecule has 0 aliphatic carbocycles. The third-order valence-corrected chi connectivity index (χ3v) is 4.08. The predicted molar refractivity (Wildman–Crippen MR) is 81.5 cm³/mol. The highest BCUT2D eigenvalue weighted by Gasteiger charge is 2.33. The highest BCUT2D eigenvalue weighted by Crippen LogP contribution is 2.20. The van der Waals surface area contributed by atoms with Crippen LogP contribution in [0.4, 0.5) is 0 Å². The number of nitrogens with two attached hydrogens (primary N) is 1. The molecule has 0 rings (SSSR count). The number of carbonyl (C=O) groups is 1. The number of rotatable bonds is 9. The van der Waals surface area contributed by atoms with E-state index in [4.69, 9.17) is 18.0 Å². The van der Waals surface area contributed by atoms with Crippen LogP contribution in [-0.2, 0) is 4.79 Å². The van der Waals surface area contributed by atoms with E-state index in [1.807, 2.05) is 13.8 Å². The monoisotopic (exact) mass is 272 g/mol. The van der Waals surface area contributed by atoms with Gasteiger partial charge in [0.2, 0.25) is 5.91 Å². The van der Waals surface area contributed by atoms with Gasteiger partial charge in [-0.3, -0.25) is 4.79 Å². The van der Waals surface area contributed by atoms with E-state index < -0.39 is 5.54 Å². The fourth-order valence-corrected chi connectivity index (χ4v) is 2.62. The van der Waals surface area contributed by atoms with E-state index >= 15 is 0 Å². The Kier molecular flexibility index (Phi) is 8.16. The number of nitrogens with one attached hydrogen (secondary N) is 1. The zero-order chi connectivity index (χ0) is 14.2. The highest BCUT2D eigenvalue weighted by atomic mass is 32.1. The summed E-state index contributed by atoms with van der Waals surface area (Å²) in [4.78, 5) is 12.7. The molecule has 0 saturated heterocycles. The van der Waals surface area contributed by atoms with E-state index in [1.165, 1.54) is 0 Å². The molecular formula is C14H28N2OS. The maximum Gasteiger partial charge on any atom is 0.223 e. The molecule has 0 aromatic carbocycles. The maximum absolute atomic E-state index is 12.3. The van der Waals surface area contributed by atoms with Crippen LogP contribution in [0.3, 0.4) is 0 Å². The molecule has 0 aromatic heterocycles. The molecule has 0 atom stereocenters. The van der Waals surface area contributed by atoms with Gasteiger partial charge in [0.15, 0.2) is 0 Å². The molecule has 0 spiro atoms. The van der Waals surface area contributed by atoms with Gasteiger partial charge in [-0.2, -0.15) is 0 Å². The largest absolute Gasteiger partial charge is 0.391 e. The molecular weight excluding hydrogens is 244 g/mol. The lowest BCUT2D eigenvalue weighted by molar-refractivity contribution is -0.126. The van der Waals surface area contributed by atoms with E-state index in [1.54, 1.807) is 0 Å². The Balaban J connectivity index is 4.80. The van der Waals surface area contributed by atoms with Crippen LogP contribution in [0, 0.1) is 5.92 Å². The number of carbonyl (C=O) groups excluding carboxylic acids is 1. The second-order valence-electron chi connectivity index (χ2n) is 4.92. The van der Waals surface area contributed by atoms with Crippen LogP contribution in [-0.4, -0.2) is 16.4 Å². The van der Waals surface area contributed by atoms with Crippen molar-refractivity contribution in [3.63, 3.8) is 0 Å². The number of hydrogen-bond donors (Lipinski definition) is 2. The predicted octanol–water partition coefficient (Wildman–Crippen LogP) is 3.16. The molecule has 0 bridgehead atoms. The van der Waals surface area contributed by atoms with Gasteiger partial charge in [-0.1, -0.05) is 52.8 Å². The highest BCUT2D eigenvalue weighted by molar-refractivity contribution is 7.80. The maximum atomic E-state index is 12.3. The van der Waals surface area contributed by atoms with Crippen molar-refractivity contribution in [1.29, 1.82) is 0 Å². The standard InChI is InChI=1S/C14H28N2OS/c1-5-9-11(10-6-2)12(17)16-14(7-3,8-4)13(15)18/h11H,5-10H2,1-4H3,(H2,15,18)(H,16,17). The molecule has 0 unspecified atom stereocenters. The molecule has 3 N–H and O–H groups in total. The summed E-state index contributed by atoms with van der Waals surface area (Å²) in [6.07, 6.45) is 5.40. The number of amides is 1. The van der Waals surface area contributed by atoms with Crippen LogP contribution < -0.4 is 11.1 Å². The summed E-state index contributed by atoms with van der Waals surface area (Å²) in [5.74, 6) is 0.196. The minimum absolute atomic E-state index is 0.0897. The van der Waals surface area contributed by atoms with Crippen molar-refractivity contribution in [2.75, 3.05) is 0 Å². The summed E-state index contributed by atoms with van der Waals surface area (Å²) in [5, 5.41) is 3.09. The van der Waals surface area contributed by atoms with Gasteiger partial charge in [0.05, 0.1) is 10.5 Å². The van der Waals surface area contributed by atoms with Crippen molar-refractivity contribution in [3.05, 3.63) is 0 Å². The van der Waals surface area contributed by atoms with Crippen molar-refractivity contribution in [2.24, 2.45) is 11.7 Å². The molecule has 3 nitrogen and oxygen atoms in total. The van der Waals surface area contributed by atoms with Crippen molar-refractivity contribution in [2.45, 2.75) is 71.8 Å². The van der Waals surface area contributed by atoms with Gasteiger partial charge in [-0.25, -0.2) is 0 Å². The van der Waals surface area contributed by atoms with Crippen LogP contribution in [0.25, 0.3) is 0 Å². The van der Waals surface area contributed by atoms with Gasteiger partial charge in [-0.15, -0.1) is 0 Å². The van der Waals surface area contributed by atoms with Crippen LogP contribution in [0.5, 0.6) is 0 Å². The zero-order valence-corrected chi connectivity index (χ0v) is 13.0. The van der Waals surface area contributed by atoms with Crippen molar-refractivity contribution >= 4 is 23.1 Å². The van der Waals surface area contributed by atoms with Crippen LogP contribution in [0.15, 0.2) is 0 Å². The molecule has 0 aromatic rings. The average Bonchev–Trinajstić information content (AvgIpc) is 2.35. The molecule has 0 fully saturated rings. The summed E-state index contributed by atoms with van der Waals surface area (Å²) < 4.78 is 0. The lowest BCUT2D eigenvalue weighted by atomic mass is 9.90. The Morgan fingerprint density at radius 3 is 1.89 bits per heavy atom. The van der Waals surface area contributed by atoms with Crippen LogP contribution >= 0.6 is 12.2 Å². The first kappa shape index (κ1) is 17.4. The van der Waals surface area contributed by atoms with Gasteiger partial charge in [0.25, 0.3) is 0 Å². The van der Waals surface area contributed by atoms with Gasteiger partial charge in [-0.05, 0) is 25.7 Å². The third-order valence-electron chi connectivity index (χ3n) is 3.69. The average molecular weight is 272 g/mol. The summed E-state index contributed by atoms with van der Waals surface area (Å²) >= 11 is 5.12. The van der Waals surface area contributed by atoms with Crippen molar-refractivity contribution in [1.82, 2.24) is 5.32 Å². The third kappa shape index (κ3) is 4.56. The van der Waals surface area contributed by atoms with E-state index in [0.717, 1.165) is 38.5 Å². The quantitative estimate of drug-likeness (QED) is 0.634. The lowest BCUT2D eigenvalue weighted by Crippen LogP contribution is -2.57. The first-order valence-corrected chi connectivity index (χ1v) is 7.50. The lowest BCUT2D eigenvalue weighted by Gasteiger charge is -2.33. The smallest absolute Gasteiger partial charge is 0.223 e. The number of thiocarbonyl (C=S) groups is 1. The Morgan fingerprint density at radius 1 is 1.17 bits per heavy atom. The molecule has 0 heterocycles. The molecule has 106 valence electrons. The minimum atomic E-state index is -0.508. The Labute approximate surface area is 117 Å². The van der Waals surface area contributed by atoms with Gasteiger partial charge >= 0.3 is 0 Å². The Bertz CT molecular complexity index is 269. The zero-order valence-electron chi connectivity index (χ0n) is 12.2. The van der Waals surface area contributed by atoms with Crippen molar-refractivity contribution in [3.8, 4) is 0 Å².